The number of amides is 2. The Kier molecular flexibility index (Phi) is 7.45. The number of carbonyl (C=O) groups excluding carboxylic acids is 3. The minimum atomic E-state index is -0.766. The molecule has 1 unspecified atom stereocenters. The van der Waals surface area contributed by atoms with Gasteiger partial charge in [0.2, 0.25) is 5.91 Å². The van der Waals surface area contributed by atoms with Gasteiger partial charge in [0, 0.05) is 12.1 Å². The number of hydrogen-bond donors (Lipinski definition) is 1. The van der Waals surface area contributed by atoms with Crippen molar-refractivity contribution in [2.24, 2.45) is 5.92 Å². The lowest BCUT2D eigenvalue weighted by atomic mass is 10.1. The zero-order chi connectivity index (χ0) is 23.3. The molecule has 0 aliphatic carbocycles. The smallest absolute Gasteiger partial charge is 0.265 e. The normalized spacial score (nSPS) is 13.9. The maximum Gasteiger partial charge on any atom is 0.265 e. The molecular weight excluding hydrogens is 415 g/mol. The van der Waals surface area contributed by atoms with E-state index in [2.05, 4.69) is 19.2 Å². The van der Waals surface area contributed by atoms with Crippen molar-refractivity contribution in [2.75, 3.05) is 24.7 Å². The van der Waals surface area contributed by atoms with Crippen LogP contribution in [-0.4, -0.2) is 43.4 Å². The molecule has 8 heteroatoms. The summed E-state index contributed by atoms with van der Waals surface area (Å²) in [5, 5.41) is 2.85. The highest BCUT2D eigenvalue weighted by atomic mass is 19.1. The van der Waals surface area contributed by atoms with Gasteiger partial charge >= 0.3 is 0 Å². The first-order valence-electron chi connectivity index (χ1n) is 10.5. The molecule has 1 aliphatic heterocycles. The van der Waals surface area contributed by atoms with Gasteiger partial charge in [0.25, 0.3) is 5.91 Å². The van der Waals surface area contributed by atoms with Crippen LogP contribution in [0.15, 0.2) is 42.5 Å². The minimum Gasteiger partial charge on any atom is -0.485 e. The van der Waals surface area contributed by atoms with Crippen LogP contribution in [0, 0.1) is 11.7 Å². The fourth-order valence-electron chi connectivity index (χ4n) is 3.28. The number of anilines is 1. The van der Waals surface area contributed by atoms with Crippen LogP contribution in [0.2, 0.25) is 0 Å². The number of fused-ring (bicyclic) bond motifs is 1. The molecule has 0 bridgehead atoms. The van der Waals surface area contributed by atoms with Crippen LogP contribution in [0.25, 0.3) is 0 Å². The summed E-state index contributed by atoms with van der Waals surface area (Å²) >= 11 is 0. The molecule has 0 aromatic heterocycles. The number of carbonyl (C=O) groups is 3. The molecule has 1 heterocycles. The van der Waals surface area contributed by atoms with Gasteiger partial charge in [0.05, 0.1) is 5.69 Å². The number of Topliss-reactive ketones (excluding diaryl/α,β-unsaturated/α-hetero) is 1. The standard InChI is InChI=1S/C24H27FN2O5/c1-15(2)10-11-26-24(30)16(3)27-20-12-17(4-9-22(20)32-14-23(27)29)21(28)13-31-19-7-5-18(25)6-8-19/h4-9,12,15-16H,10-11,13-14H2,1-3H3,(H,26,30). The molecule has 2 amide bonds. The summed E-state index contributed by atoms with van der Waals surface area (Å²) < 4.78 is 23.9. The van der Waals surface area contributed by atoms with Crippen molar-refractivity contribution in [3.63, 3.8) is 0 Å². The van der Waals surface area contributed by atoms with Gasteiger partial charge in [0.15, 0.2) is 19.0 Å². The van der Waals surface area contributed by atoms with E-state index in [0.717, 1.165) is 6.42 Å². The van der Waals surface area contributed by atoms with Crippen LogP contribution in [0.1, 0.15) is 37.6 Å². The number of nitrogens with zero attached hydrogens (tertiary/aromatic N) is 1. The molecule has 1 atom stereocenters. The zero-order valence-corrected chi connectivity index (χ0v) is 18.4. The molecule has 0 saturated heterocycles. The first-order chi connectivity index (χ1) is 15.3. The predicted octanol–water partition coefficient (Wildman–Crippen LogP) is 3.36. The maximum atomic E-state index is 13.0. The Balaban J connectivity index is 1.74. The fourth-order valence-corrected chi connectivity index (χ4v) is 3.28. The van der Waals surface area contributed by atoms with Gasteiger partial charge in [-0.2, -0.15) is 0 Å². The third-order valence-corrected chi connectivity index (χ3v) is 5.13. The maximum absolute atomic E-state index is 13.0. The third kappa shape index (κ3) is 5.63. The first kappa shape index (κ1) is 23.2. The predicted molar refractivity (Wildman–Crippen MR) is 118 cm³/mol. The summed E-state index contributed by atoms with van der Waals surface area (Å²) in [6.45, 7) is 5.85. The molecule has 1 N–H and O–H groups in total. The Bertz CT molecular complexity index is 990. The third-order valence-electron chi connectivity index (χ3n) is 5.13. The van der Waals surface area contributed by atoms with Crippen LogP contribution in [0.3, 0.4) is 0 Å². The fraction of sp³-hybridized carbons (Fsp3) is 0.375. The highest BCUT2D eigenvalue weighted by Crippen LogP contribution is 2.34. The summed E-state index contributed by atoms with van der Waals surface area (Å²) in [5.74, 6) is -0.136. The Hall–Kier alpha value is -3.42. The molecule has 32 heavy (non-hydrogen) atoms. The first-order valence-corrected chi connectivity index (χ1v) is 10.5. The average Bonchev–Trinajstić information content (AvgIpc) is 2.77. The molecule has 0 saturated carbocycles. The molecule has 170 valence electrons. The number of ether oxygens (including phenoxy) is 2. The quantitative estimate of drug-likeness (QED) is 0.602. The molecule has 1 aliphatic rings. The minimum absolute atomic E-state index is 0.183. The van der Waals surface area contributed by atoms with Crippen LogP contribution < -0.4 is 19.7 Å². The van der Waals surface area contributed by atoms with E-state index in [1.54, 1.807) is 19.1 Å². The van der Waals surface area contributed by atoms with Crippen molar-refractivity contribution in [2.45, 2.75) is 33.2 Å². The molecule has 0 spiro atoms. The van der Waals surface area contributed by atoms with E-state index < -0.39 is 11.9 Å². The van der Waals surface area contributed by atoms with E-state index in [4.69, 9.17) is 9.47 Å². The summed E-state index contributed by atoms with van der Waals surface area (Å²) in [5.41, 5.74) is 0.668. The highest BCUT2D eigenvalue weighted by Gasteiger charge is 2.33. The summed E-state index contributed by atoms with van der Waals surface area (Å²) in [6, 6.07) is 9.30. The van der Waals surface area contributed by atoms with Gasteiger partial charge in [-0.05, 0) is 61.7 Å². The van der Waals surface area contributed by atoms with E-state index in [0.29, 0.717) is 35.2 Å². The summed E-state index contributed by atoms with van der Waals surface area (Å²) in [4.78, 5) is 39.2. The zero-order valence-electron chi connectivity index (χ0n) is 18.4. The SMILES string of the molecule is CC(C)CCNC(=O)C(C)N1C(=O)COc2ccc(C(=O)COc3ccc(F)cc3)cc21. The monoisotopic (exact) mass is 442 g/mol. The second-order valence-corrected chi connectivity index (χ2v) is 8.05. The summed E-state index contributed by atoms with van der Waals surface area (Å²) in [6.07, 6.45) is 0.832. The van der Waals surface area contributed by atoms with Crippen LogP contribution in [0.4, 0.5) is 10.1 Å². The lowest BCUT2D eigenvalue weighted by molar-refractivity contribution is -0.127. The van der Waals surface area contributed by atoms with Crippen molar-refractivity contribution < 1.29 is 28.2 Å². The highest BCUT2D eigenvalue weighted by molar-refractivity contribution is 6.05. The Morgan fingerprint density at radius 3 is 2.56 bits per heavy atom. The van der Waals surface area contributed by atoms with E-state index in [9.17, 15) is 18.8 Å². The van der Waals surface area contributed by atoms with Crippen molar-refractivity contribution >= 4 is 23.3 Å². The molecule has 2 aromatic carbocycles. The Morgan fingerprint density at radius 2 is 1.88 bits per heavy atom. The van der Waals surface area contributed by atoms with E-state index in [1.807, 2.05) is 0 Å². The van der Waals surface area contributed by atoms with Crippen LogP contribution in [-0.2, 0) is 9.59 Å². The van der Waals surface area contributed by atoms with Crippen molar-refractivity contribution in [3.8, 4) is 11.5 Å². The number of hydrogen-bond acceptors (Lipinski definition) is 5. The number of ketones is 1. The molecule has 0 fully saturated rings. The van der Waals surface area contributed by atoms with Gasteiger partial charge in [-0.25, -0.2) is 4.39 Å². The van der Waals surface area contributed by atoms with E-state index in [1.165, 1.54) is 35.2 Å². The second-order valence-electron chi connectivity index (χ2n) is 8.05. The number of nitrogens with one attached hydrogen (secondary N) is 1. The van der Waals surface area contributed by atoms with E-state index >= 15 is 0 Å². The number of halogens is 1. The molecule has 0 radical (unpaired) electrons. The molecule has 2 aromatic rings. The lowest BCUT2D eigenvalue weighted by Gasteiger charge is -2.33. The lowest BCUT2D eigenvalue weighted by Crippen LogP contribution is -2.51. The average molecular weight is 442 g/mol. The second kappa shape index (κ2) is 10.3. The number of benzene rings is 2. The molecule has 7 nitrogen and oxygen atoms in total. The van der Waals surface area contributed by atoms with E-state index in [-0.39, 0.29) is 30.8 Å². The summed E-state index contributed by atoms with van der Waals surface area (Å²) in [7, 11) is 0. The van der Waals surface area contributed by atoms with Gasteiger partial charge in [-0.15, -0.1) is 0 Å². The van der Waals surface area contributed by atoms with Crippen molar-refractivity contribution in [1.29, 1.82) is 0 Å². The van der Waals surface area contributed by atoms with Crippen molar-refractivity contribution in [3.05, 3.63) is 53.8 Å². The number of rotatable bonds is 9. The molecular formula is C24H27FN2O5. The van der Waals surface area contributed by atoms with Crippen LogP contribution >= 0.6 is 0 Å². The Morgan fingerprint density at radius 1 is 1.16 bits per heavy atom. The topological polar surface area (TPSA) is 84.9 Å². The van der Waals surface area contributed by atoms with Gasteiger partial charge in [-0.1, -0.05) is 13.8 Å². The largest absolute Gasteiger partial charge is 0.485 e. The Labute approximate surface area is 186 Å². The van der Waals surface area contributed by atoms with Gasteiger partial charge in [-0.3, -0.25) is 19.3 Å². The van der Waals surface area contributed by atoms with Gasteiger partial charge in [0.1, 0.15) is 23.4 Å². The molecule has 3 rings (SSSR count). The van der Waals surface area contributed by atoms with Gasteiger partial charge < -0.3 is 14.8 Å². The van der Waals surface area contributed by atoms with Crippen LogP contribution in [0.5, 0.6) is 11.5 Å². The van der Waals surface area contributed by atoms with Crippen molar-refractivity contribution in [1.82, 2.24) is 5.32 Å².